The number of rotatable bonds is 6. The second-order valence-corrected chi connectivity index (χ2v) is 11.7. The average molecular weight is 504 g/mol. The highest BCUT2D eigenvalue weighted by atomic mass is 32.2. The Kier molecular flexibility index (Phi) is 6.94. The summed E-state index contributed by atoms with van der Waals surface area (Å²) in [5, 5.41) is 5.57. The van der Waals surface area contributed by atoms with Crippen LogP contribution in [0.5, 0.6) is 0 Å². The second-order valence-electron chi connectivity index (χ2n) is 9.38. The summed E-state index contributed by atoms with van der Waals surface area (Å²) < 4.78 is 24.0. The number of urea groups is 1. The van der Waals surface area contributed by atoms with Gasteiger partial charge in [0.2, 0.25) is 0 Å². The van der Waals surface area contributed by atoms with Crippen LogP contribution >= 0.6 is 0 Å². The molecule has 0 aliphatic rings. The van der Waals surface area contributed by atoms with Gasteiger partial charge in [-0.05, 0) is 48.5 Å². The molecular weight excluding hydrogens is 474 g/mol. The maximum absolute atomic E-state index is 12.6. The fourth-order valence-corrected chi connectivity index (χ4v) is 4.50. The maximum atomic E-state index is 12.6. The lowest BCUT2D eigenvalue weighted by Gasteiger charge is -2.14. The van der Waals surface area contributed by atoms with E-state index in [0.29, 0.717) is 11.4 Å². The predicted molar refractivity (Wildman–Crippen MR) is 143 cm³/mol. The minimum absolute atomic E-state index is 0.0206. The molecule has 8 nitrogen and oxygen atoms in total. The van der Waals surface area contributed by atoms with Crippen LogP contribution in [-0.2, 0) is 15.3 Å². The first-order valence-electron chi connectivity index (χ1n) is 11.6. The van der Waals surface area contributed by atoms with Crippen LogP contribution in [0.4, 0.5) is 16.2 Å². The summed E-state index contributed by atoms with van der Waals surface area (Å²) in [7, 11) is -3.29. The number of H-pyrrole nitrogens is 1. The summed E-state index contributed by atoms with van der Waals surface area (Å²) in [6.07, 6.45) is 3.48. The van der Waals surface area contributed by atoms with Gasteiger partial charge in [-0.25, -0.2) is 18.2 Å². The topological polar surface area (TPSA) is 117 Å². The molecular formula is C27H29N5O3S. The number of hydrogen-bond acceptors (Lipinski definition) is 5. The summed E-state index contributed by atoms with van der Waals surface area (Å²) in [4.78, 5) is 25.3. The summed E-state index contributed by atoms with van der Waals surface area (Å²) in [6.45, 7) is 7.88. The Hall–Kier alpha value is -3.98. The number of carbonyl (C=O) groups is 1. The number of anilines is 2. The number of nitrogens with zero attached hydrogens (tertiary/aromatic N) is 2. The molecule has 0 saturated heterocycles. The smallest absolute Gasteiger partial charge is 0.323 e. The first kappa shape index (κ1) is 25.1. The number of hydrogen-bond donors (Lipinski definition) is 3. The molecule has 2 amide bonds. The summed E-state index contributed by atoms with van der Waals surface area (Å²) in [5.74, 6) is 0.876. The van der Waals surface area contributed by atoms with Gasteiger partial charge in [-0.1, -0.05) is 39.8 Å². The van der Waals surface area contributed by atoms with Crippen molar-refractivity contribution in [2.45, 2.75) is 38.0 Å². The number of aromatic nitrogens is 3. The third-order valence-electron chi connectivity index (χ3n) is 5.63. The molecule has 2 aromatic carbocycles. The highest BCUT2D eigenvalue weighted by Crippen LogP contribution is 2.34. The lowest BCUT2D eigenvalue weighted by atomic mass is 9.96. The zero-order valence-corrected chi connectivity index (χ0v) is 21.5. The van der Waals surface area contributed by atoms with Crippen molar-refractivity contribution in [1.82, 2.24) is 15.0 Å². The van der Waals surface area contributed by atoms with E-state index >= 15 is 0 Å². The van der Waals surface area contributed by atoms with Crippen LogP contribution in [0.2, 0.25) is 0 Å². The molecule has 4 aromatic rings. The van der Waals surface area contributed by atoms with Crippen molar-refractivity contribution in [3.63, 3.8) is 0 Å². The fraction of sp³-hybridized carbons (Fsp3) is 0.222. The molecule has 36 heavy (non-hydrogen) atoms. The molecule has 9 heteroatoms. The van der Waals surface area contributed by atoms with Crippen molar-refractivity contribution in [3.8, 4) is 22.5 Å². The van der Waals surface area contributed by atoms with Gasteiger partial charge in [0.1, 0.15) is 5.82 Å². The molecule has 0 radical (unpaired) electrons. The van der Waals surface area contributed by atoms with Crippen LogP contribution in [0.1, 0.15) is 33.5 Å². The van der Waals surface area contributed by atoms with Crippen molar-refractivity contribution in [2.24, 2.45) is 0 Å². The number of pyridine rings is 1. The van der Waals surface area contributed by atoms with Crippen molar-refractivity contribution >= 4 is 27.2 Å². The zero-order chi connectivity index (χ0) is 25.9. The van der Waals surface area contributed by atoms with E-state index in [1.807, 2.05) is 30.3 Å². The monoisotopic (exact) mass is 503 g/mol. The molecule has 0 atom stereocenters. The van der Waals surface area contributed by atoms with Crippen LogP contribution in [0.25, 0.3) is 22.5 Å². The Labute approximate surface area is 211 Å². The first-order chi connectivity index (χ1) is 17.1. The van der Waals surface area contributed by atoms with E-state index < -0.39 is 15.9 Å². The molecule has 0 saturated carbocycles. The van der Waals surface area contributed by atoms with E-state index in [1.54, 1.807) is 37.5 Å². The van der Waals surface area contributed by atoms with Gasteiger partial charge in [0.15, 0.2) is 9.84 Å². The molecule has 0 fully saturated rings. The highest BCUT2D eigenvalue weighted by molar-refractivity contribution is 7.91. The highest BCUT2D eigenvalue weighted by Gasteiger charge is 2.22. The number of carbonyl (C=O) groups excluding carboxylic acids is 1. The van der Waals surface area contributed by atoms with Crippen molar-refractivity contribution in [3.05, 3.63) is 78.9 Å². The first-order valence-corrected chi connectivity index (χ1v) is 13.2. The van der Waals surface area contributed by atoms with Gasteiger partial charge < -0.3 is 15.6 Å². The van der Waals surface area contributed by atoms with E-state index in [-0.39, 0.29) is 16.1 Å². The molecule has 2 heterocycles. The van der Waals surface area contributed by atoms with Crippen LogP contribution < -0.4 is 10.6 Å². The SMILES string of the molecule is CCS(=O)(=O)c1ccc(NC(=O)Nc2cccc(-c3nc(C(C)(C)C)[nH]c3-c3ccncc3)c2)cc1. The zero-order valence-electron chi connectivity index (χ0n) is 20.7. The van der Waals surface area contributed by atoms with Crippen LogP contribution in [0.3, 0.4) is 0 Å². The largest absolute Gasteiger partial charge is 0.341 e. The minimum Gasteiger partial charge on any atom is -0.341 e. The number of imidazole rings is 1. The Morgan fingerprint density at radius 1 is 0.917 bits per heavy atom. The standard InChI is InChI=1S/C27H29N5O3S/c1-5-36(34,35)22-11-9-20(10-12-22)29-26(33)30-21-8-6-7-19(17-21)24-23(18-13-15-28-16-14-18)31-25(32-24)27(2,3)4/h6-17H,5H2,1-4H3,(H,31,32)(H2,29,30,33). The van der Waals surface area contributed by atoms with E-state index in [1.165, 1.54) is 12.1 Å². The number of amides is 2. The fourth-order valence-electron chi connectivity index (χ4n) is 3.61. The predicted octanol–water partition coefficient (Wildman–Crippen LogP) is 5.87. The lowest BCUT2D eigenvalue weighted by molar-refractivity contribution is 0.262. The Morgan fingerprint density at radius 3 is 2.22 bits per heavy atom. The summed E-state index contributed by atoms with van der Waals surface area (Å²) in [6, 6.07) is 17.0. The molecule has 0 aliphatic carbocycles. The molecule has 0 bridgehead atoms. The number of benzene rings is 2. The summed E-state index contributed by atoms with van der Waals surface area (Å²) in [5.41, 5.74) is 4.38. The number of aromatic amines is 1. The van der Waals surface area contributed by atoms with E-state index in [4.69, 9.17) is 4.98 Å². The van der Waals surface area contributed by atoms with Gasteiger partial charge in [-0.2, -0.15) is 0 Å². The molecule has 186 valence electrons. The normalized spacial score (nSPS) is 11.8. The van der Waals surface area contributed by atoms with Crippen molar-refractivity contribution < 1.29 is 13.2 Å². The Morgan fingerprint density at radius 2 is 1.58 bits per heavy atom. The number of nitrogens with one attached hydrogen (secondary N) is 3. The molecule has 3 N–H and O–H groups in total. The average Bonchev–Trinajstić information content (AvgIpc) is 3.31. The van der Waals surface area contributed by atoms with E-state index in [0.717, 1.165) is 28.3 Å². The minimum atomic E-state index is -3.29. The second kappa shape index (κ2) is 9.94. The Bertz CT molecular complexity index is 1470. The molecule has 0 unspecified atom stereocenters. The van der Waals surface area contributed by atoms with Crippen LogP contribution in [0, 0.1) is 0 Å². The van der Waals surface area contributed by atoms with E-state index in [2.05, 4.69) is 41.4 Å². The van der Waals surface area contributed by atoms with Gasteiger partial charge >= 0.3 is 6.03 Å². The van der Waals surface area contributed by atoms with Crippen molar-refractivity contribution in [2.75, 3.05) is 16.4 Å². The number of sulfone groups is 1. The van der Waals surface area contributed by atoms with Gasteiger partial charge in [0.25, 0.3) is 0 Å². The van der Waals surface area contributed by atoms with Crippen LogP contribution in [0.15, 0.2) is 78.0 Å². The van der Waals surface area contributed by atoms with Gasteiger partial charge in [0, 0.05) is 40.3 Å². The maximum Gasteiger partial charge on any atom is 0.323 e. The quantitative estimate of drug-likeness (QED) is 0.304. The van der Waals surface area contributed by atoms with Crippen LogP contribution in [-0.4, -0.2) is 35.2 Å². The van der Waals surface area contributed by atoms with Gasteiger partial charge in [-0.3, -0.25) is 4.98 Å². The van der Waals surface area contributed by atoms with Gasteiger partial charge in [-0.15, -0.1) is 0 Å². The summed E-state index contributed by atoms with van der Waals surface area (Å²) >= 11 is 0. The van der Waals surface area contributed by atoms with E-state index in [9.17, 15) is 13.2 Å². The third kappa shape index (κ3) is 5.63. The third-order valence-corrected chi connectivity index (χ3v) is 7.38. The molecule has 0 aliphatic heterocycles. The van der Waals surface area contributed by atoms with Gasteiger partial charge in [0.05, 0.1) is 22.0 Å². The molecule has 4 rings (SSSR count). The Balaban J connectivity index is 1.57. The van der Waals surface area contributed by atoms with Crippen molar-refractivity contribution in [1.29, 1.82) is 0 Å². The molecule has 0 spiro atoms. The molecule has 2 aromatic heterocycles. The lowest BCUT2D eigenvalue weighted by Crippen LogP contribution is -2.19.